The van der Waals surface area contributed by atoms with Gasteiger partial charge in [0.1, 0.15) is 6.04 Å². The molecule has 0 saturated carbocycles. The quantitative estimate of drug-likeness (QED) is 0.658. The van der Waals surface area contributed by atoms with Crippen molar-refractivity contribution in [3.05, 3.63) is 35.4 Å². The lowest BCUT2D eigenvalue weighted by Gasteiger charge is -2.23. The number of carbonyl (C=O) groups is 4. The number of amides is 3. The van der Waals surface area contributed by atoms with E-state index in [4.69, 9.17) is 5.11 Å². The first-order valence-electron chi connectivity index (χ1n) is 8.02. The predicted molar refractivity (Wildman–Crippen MR) is 88.9 cm³/mol. The molecule has 1 aromatic carbocycles. The van der Waals surface area contributed by atoms with E-state index in [0.29, 0.717) is 18.5 Å². The van der Waals surface area contributed by atoms with Crippen LogP contribution in [0.3, 0.4) is 0 Å². The van der Waals surface area contributed by atoms with Crippen molar-refractivity contribution in [2.24, 2.45) is 0 Å². The summed E-state index contributed by atoms with van der Waals surface area (Å²) in [7, 11) is 1.52. The fraction of sp³-hybridized carbons (Fsp3) is 0.412. The van der Waals surface area contributed by atoms with Crippen molar-refractivity contribution in [3.63, 3.8) is 0 Å². The Balaban J connectivity index is 1.87. The highest BCUT2D eigenvalue weighted by Gasteiger charge is 2.33. The Labute approximate surface area is 145 Å². The lowest BCUT2D eigenvalue weighted by atomic mass is 10.1. The lowest BCUT2D eigenvalue weighted by Crippen LogP contribution is -2.48. The zero-order valence-electron chi connectivity index (χ0n) is 13.9. The number of rotatable bonds is 6. The van der Waals surface area contributed by atoms with E-state index in [-0.39, 0.29) is 36.3 Å². The Morgan fingerprint density at radius 2 is 2.04 bits per heavy atom. The van der Waals surface area contributed by atoms with Crippen LogP contribution in [-0.2, 0) is 20.8 Å². The third-order valence-electron chi connectivity index (χ3n) is 4.10. The molecule has 1 aromatic rings. The van der Waals surface area contributed by atoms with Crippen molar-refractivity contribution in [2.75, 3.05) is 20.1 Å². The van der Waals surface area contributed by atoms with E-state index in [0.717, 1.165) is 6.42 Å². The molecule has 0 bridgehead atoms. The second-order valence-corrected chi connectivity index (χ2v) is 5.82. The first-order valence-corrected chi connectivity index (χ1v) is 8.02. The lowest BCUT2D eigenvalue weighted by molar-refractivity contribution is -0.138. The summed E-state index contributed by atoms with van der Waals surface area (Å²) in [4.78, 5) is 48.4. The van der Waals surface area contributed by atoms with E-state index in [1.54, 1.807) is 12.1 Å². The summed E-state index contributed by atoms with van der Waals surface area (Å²) in [6.07, 6.45) is 1.34. The summed E-state index contributed by atoms with van der Waals surface area (Å²) in [6.45, 7) is 0.304. The maximum absolute atomic E-state index is 12.2. The smallest absolute Gasteiger partial charge is 0.335 e. The molecule has 3 N–H and O–H groups in total. The first kappa shape index (κ1) is 18.4. The highest BCUT2D eigenvalue weighted by Crippen LogP contribution is 2.17. The minimum atomic E-state index is -1.06. The van der Waals surface area contributed by atoms with Crippen LogP contribution in [0.4, 0.5) is 0 Å². The molecule has 1 unspecified atom stereocenters. The Kier molecular flexibility index (Phi) is 6.10. The van der Waals surface area contributed by atoms with Gasteiger partial charge in [0.25, 0.3) is 0 Å². The standard InChI is InChI=1S/C17H21N3O5/c1-18-16(23)13-6-3-7-20(13)15(22)10-19-14(21)9-11-4-2-5-12(8-11)17(24)25/h2,4-5,8,13H,3,6-7,9-10H2,1H3,(H,18,23)(H,19,21)(H,24,25). The van der Waals surface area contributed by atoms with Gasteiger partial charge >= 0.3 is 5.97 Å². The number of likely N-dealkylation sites (N-methyl/N-ethyl adjacent to an activating group) is 1. The number of hydrogen-bond acceptors (Lipinski definition) is 4. The van der Waals surface area contributed by atoms with Gasteiger partial charge in [-0.15, -0.1) is 0 Å². The van der Waals surface area contributed by atoms with Gasteiger partial charge < -0.3 is 20.6 Å². The second-order valence-electron chi connectivity index (χ2n) is 5.82. The average Bonchev–Trinajstić information content (AvgIpc) is 3.09. The Hall–Kier alpha value is -2.90. The van der Waals surface area contributed by atoms with Gasteiger partial charge in [0.2, 0.25) is 17.7 Å². The van der Waals surface area contributed by atoms with Crippen molar-refractivity contribution in [1.82, 2.24) is 15.5 Å². The Morgan fingerprint density at radius 3 is 2.72 bits per heavy atom. The van der Waals surface area contributed by atoms with E-state index in [1.165, 1.54) is 24.1 Å². The van der Waals surface area contributed by atoms with Gasteiger partial charge in [0, 0.05) is 13.6 Å². The average molecular weight is 347 g/mol. The van der Waals surface area contributed by atoms with Crippen LogP contribution >= 0.6 is 0 Å². The largest absolute Gasteiger partial charge is 0.478 e. The molecule has 1 atom stereocenters. The predicted octanol–water partition coefficient (Wildman–Crippen LogP) is -0.219. The molecule has 1 heterocycles. The van der Waals surface area contributed by atoms with Crippen LogP contribution in [0.2, 0.25) is 0 Å². The molecule has 1 fully saturated rings. The molecule has 1 saturated heterocycles. The minimum Gasteiger partial charge on any atom is -0.478 e. The number of nitrogens with one attached hydrogen (secondary N) is 2. The van der Waals surface area contributed by atoms with Crippen LogP contribution in [0, 0.1) is 0 Å². The zero-order chi connectivity index (χ0) is 18.4. The van der Waals surface area contributed by atoms with Crippen LogP contribution < -0.4 is 10.6 Å². The molecule has 1 aliphatic rings. The van der Waals surface area contributed by atoms with Crippen LogP contribution in [0.5, 0.6) is 0 Å². The molecule has 1 aliphatic heterocycles. The van der Waals surface area contributed by atoms with Gasteiger partial charge in [0.05, 0.1) is 18.5 Å². The summed E-state index contributed by atoms with van der Waals surface area (Å²) < 4.78 is 0. The molecule has 8 nitrogen and oxygen atoms in total. The Bertz CT molecular complexity index is 689. The van der Waals surface area contributed by atoms with Crippen molar-refractivity contribution in [3.8, 4) is 0 Å². The number of nitrogens with zero attached hydrogens (tertiary/aromatic N) is 1. The van der Waals surface area contributed by atoms with E-state index in [2.05, 4.69) is 10.6 Å². The second kappa shape index (κ2) is 8.27. The van der Waals surface area contributed by atoms with Gasteiger partial charge in [-0.25, -0.2) is 4.79 Å². The van der Waals surface area contributed by atoms with Gasteiger partial charge in [-0.1, -0.05) is 12.1 Å². The molecule has 2 rings (SSSR count). The molecule has 25 heavy (non-hydrogen) atoms. The first-order chi connectivity index (χ1) is 11.9. The maximum Gasteiger partial charge on any atom is 0.335 e. The van der Waals surface area contributed by atoms with Crippen molar-refractivity contribution in [1.29, 1.82) is 0 Å². The van der Waals surface area contributed by atoms with E-state index in [1.807, 2.05) is 0 Å². The fourth-order valence-corrected chi connectivity index (χ4v) is 2.84. The Morgan fingerprint density at radius 1 is 1.28 bits per heavy atom. The van der Waals surface area contributed by atoms with Crippen LogP contribution in [0.1, 0.15) is 28.8 Å². The summed E-state index contributed by atoms with van der Waals surface area (Å²) in [5.41, 5.74) is 0.654. The molecule has 3 amide bonds. The normalized spacial score (nSPS) is 16.4. The monoisotopic (exact) mass is 347 g/mol. The van der Waals surface area contributed by atoms with Crippen LogP contribution in [0.15, 0.2) is 24.3 Å². The van der Waals surface area contributed by atoms with Crippen molar-refractivity contribution in [2.45, 2.75) is 25.3 Å². The summed E-state index contributed by atoms with van der Waals surface area (Å²) in [5, 5.41) is 14.0. The van der Waals surface area contributed by atoms with Gasteiger partial charge in [-0.05, 0) is 30.5 Å². The summed E-state index contributed by atoms with van der Waals surface area (Å²) in [6, 6.07) is 5.60. The molecule has 0 aromatic heterocycles. The van der Waals surface area contributed by atoms with Crippen molar-refractivity contribution >= 4 is 23.7 Å². The molecular formula is C17H21N3O5. The van der Waals surface area contributed by atoms with Crippen molar-refractivity contribution < 1.29 is 24.3 Å². The summed E-state index contributed by atoms with van der Waals surface area (Å²) in [5.74, 6) is -1.96. The number of carbonyl (C=O) groups excluding carboxylic acids is 3. The van der Waals surface area contributed by atoms with E-state index >= 15 is 0 Å². The van der Waals surface area contributed by atoms with Gasteiger partial charge in [-0.3, -0.25) is 14.4 Å². The minimum absolute atomic E-state index is 0.0206. The topological polar surface area (TPSA) is 116 Å². The number of hydrogen-bond donors (Lipinski definition) is 3. The number of aromatic carboxylic acids is 1. The molecule has 0 radical (unpaired) electrons. The molecule has 134 valence electrons. The van der Waals surface area contributed by atoms with Crippen LogP contribution in [-0.4, -0.2) is 59.9 Å². The maximum atomic E-state index is 12.2. The third kappa shape index (κ3) is 4.79. The number of benzene rings is 1. The van der Waals surface area contributed by atoms with Crippen LogP contribution in [0.25, 0.3) is 0 Å². The zero-order valence-corrected chi connectivity index (χ0v) is 13.9. The molecule has 8 heteroatoms. The number of likely N-dealkylation sites (tertiary alicyclic amines) is 1. The number of carboxylic acid groups (broad SMARTS) is 1. The highest BCUT2D eigenvalue weighted by molar-refractivity contribution is 5.91. The third-order valence-corrected chi connectivity index (χ3v) is 4.10. The molecular weight excluding hydrogens is 326 g/mol. The van der Waals surface area contributed by atoms with E-state index < -0.39 is 12.0 Å². The number of carboxylic acids is 1. The highest BCUT2D eigenvalue weighted by atomic mass is 16.4. The molecule has 0 spiro atoms. The molecule has 0 aliphatic carbocycles. The van der Waals surface area contributed by atoms with Gasteiger partial charge in [0.15, 0.2) is 0 Å². The van der Waals surface area contributed by atoms with E-state index in [9.17, 15) is 19.2 Å². The SMILES string of the molecule is CNC(=O)C1CCCN1C(=O)CNC(=O)Cc1cccc(C(=O)O)c1. The van der Waals surface area contributed by atoms with Gasteiger partial charge in [-0.2, -0.15) is 0 Å². The summed E-state index contributed by atoms with van der Waals surface area (Å²) >= 11 is 0. The fourth-order valence-electron chi connectivity index (χ4n) is 2.84.